The van der Waals surface area contributed by atoms with Gasteiger partial charge in [0.15, 0.2) is 21.2 Å². The Morgan fingerprint density at radius 3 is 2.33 bits per heavy atom. The van der Waals surface area contributed by atoms with Crippen molar-refractivity contribution in [1.82, 2.24) is 24.4 Å². The predicted octanol–water partition coefficient (Wildman–Crippen LogP) is 2.30. The van der Waals surface area contributed by atoms with Crippen LogP contribution in [0.25, 0.3) is 16.9 Å². The molecule has 27 heavy (non-hydrogen) atoms. The summed E-state index contributed by atoms with van der Waals surface area (Å²) >= 11 is 0. The average Bonchev–Trinajstić information content (AvgIpc) is 3.09. The molecule has 0 aliphatic heterocycles. The first kappa shape index (κ1) is 19.1. The number of alkyl halides is 3. The van der Waals surface area contributed by atoms with E-state index in [1.165, 1.54) is 33.9 Å². The fraction of sp³-hybridized carbons (Fsp3) is 0.400. The van der Waals surface area contributed by atoms with Crippen LogP contribution in [-0.4, -0.2) is 37.5 Å². The minimum atomic E-state index is -4.64. The van der Waals surface area contributed by atoms with Crippen LogP contribution < -0.4 is 5.73 Å². The Morgan fingerprint density at radius 1 is 1.15 bits per heavy atom. The van der Waals surface area contributed by atoms with E-state index in [0.29, 0.717) is 4.68 Å². The zero-order chi connectivity index (χ0) is 20.4. The molecule has 146 valence electrons. The number of fused-ring (bicyclic) bond motifs is 1. The second kappa shape index (κ2) is 5.68. The number of sulfone groups is 1. The van der Waals surface area contributed by atoms with Crippen molar-refractivity contribution in [1.29, 1.82) is 0 Å². The summed E-state index contributed by atoms with van der Waals surface area (Å²) in [4.78, 5) is 3.76. The molecule has 0 fully saturated rings. The first-order valence-electron chi connectivity index (χ1n) is 7.73. The molecule has 0 unspecified atom stereocenters. The maximum absolute atomic E-state index is 13.3. The van der Waals surface area contributed by atoms with Crippen molar-refractivity contribution in [3.63, 3.8) is 0 Å². The maximum Gasteiger partial charge on any atom is 0.433 e. The van der Waals surface area contributed by atoms with Crippen molar-refractivity contribution < 1.29 is 21.6 Å². The lowest BCUT2D eigenvalue weighted by Crippen LogP contribution is -2.29. The van der Waals surface area contributed by atoms with E-state index in [-0.39, 0.29) is 27.6 Å². The third kappa shape index (κ3) is 2.93. The molecule has 0 saturated carbocycles. The Labute approximate surface area is 152 Å². The number of nitrogen functional groups attached to an aromatic ring is 1. The second-order valence-corrected chi connectivity index (χ2v) is 9.62. The molecular weight excluding hydrogens is 385 g/mol. The lowest BCUT2D eigenvalue weighted by molar-refractivity contribution is -0.143. The normalized spacial score (nSPS) is 13.4. The van der Waals surface area contributed by atoms with E-state index >= 15 is 0 Å². The van der Waals surface area contributed by atoms with Gasteiger partial charge in [0.05, 0.1) is 28.4 Å². The smallest absolute Gasteiger partial charge is 0.382 e. The quantitative estimate of drug-likeness (QED) is 0.705. The van der Waals surface area contributed by atoms with Gasteiger partial charge in [-0.2, -0.15) is 27.9 Å². The molecule has 0 radical (unpaired) electrons. The minimum absolute atomic E-state index is 0.0695. The lowest BCUT2D eigenvalue weighted by atomic mass is 10.2. The van der Waals surface area contributed by atoms with E-state index in [9.17, 15) is 21.6 Å². The Bertz CT molecular complexity index is 1140. The third-order valence-electron chi connectivity index (χ3n) is 4.06. The zero-order valence-electron chi connectivity index (χ0n) is 14.9. The van der Waals surface area contributed by atoms with Crippen LogP contribution in [0.1, 0.15) is 26.5 Å². The molecule has 3 aromatic heterocycles. The number of nitrogens with zero attached hydrogens (tertiary/aromatic N) is 5. The van der Waals surface area contributed by atoms with Crippen LogP contribution >= 0.6 is 0 Å². The molecule has 12 heteroatoms. The van der Waals surface area contributed by atoms with Crippen LogP contribution in [0.2, 0.25) is 0 Å². The summed E-state index contributed by atoms with van der Waals surface area (Å²) < 4.78 is 65.8. The van der Waals surface area contributed by atoms with Crippen molar-refractivity contribution >= 4 is 21.3 Å². The summed E-state index contributed by atoms with van der Waals surface area (Å²) in [5.74, 6) is -0.223. The number of rotatable bonds is 2. The van der Waals surface area contributed by atoms with E-state index in [1.807, 2.05) is 0 Å². The topological polar surface area (TPSA) is 108 Å². The van der Waals surface area contributed by atoms with Gasteiger partial charge in [0.25, 0.3) is 0 Å². The van der Waals surface area contributed by atoms with E-state index in [0.717, 1.165) is 16.9 Å². The molecule has 3 rings (SSSR count). The zero-order valence-corrected chi connectivity index (χ0v) is 15.7. The summed E-state index contributed by atoms with van der Waals surface area (Å²) in [7, 11) is -2.66. The van der Waals surface area contributed by atoms with Crippen molar-refractivity contribution in [2.45, 2.75) is 36.6 Å². The van der Waals surface area contributed by atoms with Crippen LogP contribution in [-0.2, 0) is 23.1 Å². The van der Waals surface area contributed by atoms with Gasteiger partial charge in [-0.25, -0.2) is 13.4 Å². The van der Waals surface area contributed by atoms with Gasteiger partial charge in [-0.1, -0.05) is 0 Å². The maximum atomic E-state index is 13.3. The molecule has 0 aliphatic rings. The molecule has 2 N–H and O–H groups in total. The molecule has 3 heterocycles. The minimum Gasteiger partial charge on any atom is -0.382 e. The molecule has 3 aromatic rings. The summed E-state index contributed by atoms with van der Waals surface area (Å²) in [5, 5.41) is 7.68. The number of aryl methyl sites for hydroxylation is 1. The lowest BCUT2D eigenvalue weighted by Gasteiger charge is -2.20. The third-order valence-corrected chi connectivity index (χ3v) is 6.57. The molecule has 0 atom stereocenters. The van der Waals surface area contributed by atoms with Gasteiger partial charge in [0, 0.05) is 13.1 Å². The van der Waals surface area contributed by atoms with Gasteiger partial charge in [-0.15, -0.1) is 0 Å². The Kier molecular flexibility index (Phi) is 4.03. The van der Waals surface area contributed by atoms with Crippen LogP contribution in [0.4, 0.5) is 19.0 Å². The fourth-order valence-electron chi connectivity index (χ4n) is 2.57. The standard InChI is InChI=1S/C15H17F3N6O2S/c1-14(2,3)27(25,26)10-7-20-11-5-9(22-24(11)13(10)19)8-6-21-23(4)12(8)15(16,17)18/h5-7H,19H2,1-4H3. The van der Waals surface area contributed by atoms with Gasteiger partial charge in [0.1, 0.15) is 10.7 Å². The Balaban J connectivity index is 2.24. The van der Waals surface area contributed by atoms with E-state index in [1.54, 1.807) is 0 Å². The molecule has 0 aliphatic carbocycles. The Morgan fingerprint density at radius 2 is 1.78 bits per heavy atom. The monoisotopic (exact) mass is 402 g/mol. The van der Waals surface area contributed by atoms with Gasteiger partial charge in [-0.05, 0) is 20.8 Å². The summed E-state index contributed by atoms with van der Waals surface area (Å²) in [6.45, 7) is 4.52. The number of halogens is 3. The van der Waals surface area contributed by atoms with E-state index in [2.05, 4.69) is 15.2 Å². The first-order valence-corrected chi connectivity index (χ1v) is 9.22. The van der Waals surface area contributed by atoms with Crippen LogP contribution in [0.5, 0.6) is 0 Å². The van der Waals surface area contributed by atoms with Crippen LogP contribution in [0, 0.1) is 0 Å². The predicted molar refractivity (Wildman–Crippen MR) is 91.5 cm³/mol. The number of nitrogens with two attached hydrogens (primary N) is 1. The highest BCUT2D eigenvalue weighted by atomic mass is 32.2. The number of anilines is 1. The van der Waals surface area contributed by atoms with Crippen LogP contribution in [0.15, 0.2) is 23.4 Å². The highest BCUT2D eigenvalue weighted by Gasteiger charge is 2.39. The van der Waals surface area contributed by atoms with Crippen molar-refractivity contribution in [3.05, 3.63) is 24.2 Å². The second-order valence-electron chi connectivity index (χ2n) is 6.95. The van der Waals surface area contributed by atoms with Crippen LogP contribution in [0.3, 0.4) is 0 Å². The Hall–Kier alpha value is -2.63. The van der Waals surface area contributed by atoms with Gasteiger partial charge in [0.2, 0.25) is 0 Å². The highest BCUT2D eigenvalue weighted by Crippen LogP contribution is 2.37. The largest absolute Gasteiger partial charge is 0.433 e. The molecule has 0 amide bonds. The molecule has 0 aromatic carbocycles. The molecule has 8 nitrogen and oxygen atoms in total. The van der Waals surface area contributed by atoms with E-state index in [4.69, 9.17) is 5.73 Å². The van der Waals surface area contributed by atoms with E-state index < -0.39 is 26.5 Å². The van der Waals surface area contributed by atoms with Gasteiger partial charge in [-0.3, -0.25) is 4.68 Å². The van der Waals surface area contributed by atoms with Crippen molar-refractivity contribution in [3.8, 4) is 11.3 Å². The molecule has 0 spiro atoms. The fourth-order valence-corrected chi connectivity index (χ4v) is 3.78. The summed E-state index contributed by atoms with van der Waals surface area (Å²) in [6.07, 6.45) is -2.52. The number of aromatic nitrogens is 5. The average molecular weight is 402 g/mol. The SMILES string of the molecule is Cn1ncc(-c2cc3ncc(S(=O)(=O)C(C)(C)C)c(N)n3n2)c1C(F)(F)F. The number of hydrogen-bond acceptors (Lipinski definition) is 6. The molecular formula is C15H17F3N6O2S. The van der Waals surface area contributed by atoms with Gasteiger partial charge >= 0.3 is 6.18 Å². The first-order chi connectivity index (χ1) is 12.2. The van der Waals surface area contributed by atoms with Crippen molar-refractivity contribution in [2.24, 2.45) is 7.05 Å². The van der Waals surface area contributed by atoms with Crippen molar-refractivity contribution in [2.75, 3.05) is 5.73 Å². The molecule has 0 saturated heterocycles. The number of hydrogen-bond donors (Lipinski definition) is 1. The molecule has 0 bridgehead atoms. The van der Waals surface area contributed by atoms with Gasteiger partial charge < -0.3 is 5.73 Å². The summed E-state index contributed by atoms with van der Waals surface area (Å²) in [6, 6.07) is 1.29. The summed E-state index contributed by atoms with van der Waals surface area (Å²) in [5.41, 5.74) is 4.77. The highest BCUT2D eigenvalue weighted by molar-refractivity contribution is 7.92.